The number of carbonyl (C=O) groups is 1. The minimum Gasteiger partial charge on any atom is -0.459 e. The Bertz CT molecular complexity index is 536. The Morgan fingerprint density at radius 3 is 2.35 bits per heavy atom. The van der Waals surface area contributed by atoms with Crippen LogP contribution in [0.25, 0.3) is 0 Å². The Kier molecular flexibility index (Phi) is 8.11. The third kappa shape index (κ3) is 5.55. The minimum absolute atomic E-state index is 0.189. The maximum absolute atomic E-state index is 12.9. The second-order valence-electron chi connectivity index (χ2n) is 7.92. The molecule has 1 aromatic rings. The second-order valence-corrected chi connectivity index (χ2v) is 7.92. The summed E-state index contributed by atoms with van der Waals surface area (Å²) < 4.78 is 6.54. The van der Waals surface area contributed by atoms with Crippen LogP contribution in [0.5, 0.6) is 0 Å². The van der Waals surface area contributed by atoms with Gasteiger partial charge in [-0.2, -0.15) is 0 Å². The Morgan fingerprint density at radius 2 is 1.77 bits per heavy atom. The molecule has 1 aliphatic rings. The van der Waals surface area contributed by atoms with Crippen LogP contribution >= 0.6 is 0 Å². The molecule has 0 radical (unpaired) electrons. The molecule has 146 valence electrons. The van der Waals surface area contributed by atoms with Gasteiger partial charge in [-0.15, -0.1) is 0 Å². The summed E-state index contributed by atoms with van der Waals surface area (Å²) in [6.07, 6.45) is 4.84. The molecule has 1 aliphatic carbocycles. The summed E-state index contributed by atoms with van der Waals surface area (Å²) in [5, 5.41) is 11.0. The van der Waals surface area contributed by atoms with Gasteiger partial charge in [0.25, 0.3) is 0 Å². The second kappa shape index (κ2) is 10.1. The van der Waals surface area contributed by atoms with Gasteiger partial charge in [0.2, 0.25) is 0 Å². The number of nitrogens with zero attached hydrogens (tertiary/aromatic N) is 1. The number of hydrogen-bond donors (Lipinski definition) is 1. The molecule has 0 aromatic heterocycles. The maximum atomic E-state index is 12.9. The highest BCUT2D eigenvalue weighted by atomic mass is 16.5. The fraction of sp³-hybridized carbons (Fsp3) is 0.682. The molecule has 2 rings (SSSR count). The molecule has 26 heavy (non-hydrogen) atoms. The Balaban J connectivity index is 2.06. The number of likely N-dealkylation sites (N-methyl/N-ethyl adjacent to an activating group) is 1. The number of aliphatic hydroxyl groups is 1. The van der Waals surface area contributed by atoms with Gasteiger partial charge in [-0.3, -0.25) is 4.79 Å². The quantitative estimate of drug-likeness (QED) is 0.538. The van der Waals surface area contributed by atoms with Crippen LogP contribution in [-0.2, 0) is 9.53 Å². The summed E-state index contributed by atoms with van der Waals surface area (Å²) >= 11 is 0. The predicted molar refractivity (Wildman–Crippen MR) is 105 cm³/mol. The number of esters is 1. The van der Waals surface area contributed by atoms with Crippen LogP contribution in [0.4, 0.5) is 0 Å². The van der Waals surface area contributed by atoms with E-state index in [4.69, 9.17) is 4.74 Å². The number of ether oxygens (including phenoxy) is 1. The number of aliphatic hydroxyl groups excluding tert-OH is 1. The van der Waals surface area contributed by atoms with E-state index < -0.39 is 12.0 Å². The number of carbonyl (C=O) groups excluding carboxylic acids is 1. The number of hydrogen-bond acceptors (Lipinski definition) is 3. The van der Waals surface area contributed by atoms with Gasteiger partial charge in [0.15, 0.2) is 0 Å². The van der Waals surface area contributed by atoms with Gasteiger partial charge in [-0.05, 0) is 38.2 Å². The Labute approximate surface area is 158 Å². The van der Waals surface area contributed by atoms with Crippen molar-refractivity contribution in [1.82, 2.24) is 0 Å². The first-order valence-corrected chi connectivity index (χ1v) is 10.2. The molecule has 0 heterocycles. The number of quaternary nitrogens is 1. The lowest BCUT2D eigenvalue weighted by Crippen LogP contribution is -2.46. The lowest BCUT2D eigenvalue weighted by molar-refractivity contribution is -0.906. The highest BCUT2D eigenvalue weighted by molar-refractivity contribution is 5.79. The van der Waals surface area contributed by atoms with Crippen molar-refractivity contribution in [2.45, 2.75) is 58.0 Å². The molecule has 0 spiro atoms. The fourth-order valence-corrected chi connectivity index (χ4v) is 3.88. The van der Waals surface area contributed by atoms with E-state index in [2.05, 4.69) is 20.9 Å². The summed E-state index contributed by atoms with van der Waals surface area (Å²) in [4.78, 5) is 12.9. The van der Waals surface area contributed by atoms with E-state index in [1.165, 1.54) is 6.42 Å². The van der Waals surface area contributed by atoms with E-state index in [0.717, 1.165) is 55.4 Å². The van der Waals surface area contributed by atoms with Crippen molar-refractivity contribution in [3.05, 3.63) is 35.9 Å². The maximum Gasteiger partial charge on any atom is 0.316 e. The molecule has 0 bridgehead atoms. The molecule has 0 saturated heterocycles. The summed E-state index contributed by atoms with van der Waals surface area (Å²) in [6.45, 7) is 7.55. The van der Waals surface area contributed by atoms with Gasteiger partial charge in [0, 0.05) is 0 Å². The molecule has 0 unspecified atom stereocenters. The van der Waals surface area contributed by atoms with Gasteiger partial charge in [0.1, 0.15) is 19.1 Å². The van der Waals surface area contributed by atoms with Crippen LogP contribution in [0.2, 0.25) is 0 Å². The molecule has 4 nitrogen and oxygen atoms in total. The highest BCUT2D eigenvalue weighted by Gasteiger charge is 2.36. The van der Waals surface area contributed by atoms with E-state index in [-0.39, 0.29) is 11.9 Å². The van der Waals surface area contributed by atoms with Gasteiger partial charge in [-0.25, -0.2) is 0 Å². The molecule has 1 N–H and O–H groups in total. The topological polar surface area (TPSA) is 46.5 Å². The zero-order chi connectivity index (χ0) is 19.0. The summed E-state index contributed by atoms with van der Waals surface area (Å²) in [5.41, 5.74) is 0.860. The lowest BCUT2D eigenvalue weighted by atomic mass is 9.78. The minimum atomic E-state index is -0.663. The molecule has 2 atom stereocenters. The molecular formula is C22H36NO3+. The first kappa shape index (κ1) is 20.9. The van der Waals surface area contributed by atoms with Crippen molar-refractivity contribution in [2.24, 2.45) is 5.92 Å². The Morgan fingerprint density at radius 1 is 1.15 bits per heavy atom. The largest absolute Gasteiger partial charge is 0.459 e. The monoisotopic (exact) mass is 362 g/mol. The van der Waals surface area contributed by atoms with Crippen molar-refractivity contribution in [3.63, 3.8) is 0 Å². The van der Waals surface area contributed by atoms with Crippen LogP contribution in [0, 0.1) is 5.92 Å². The molecule has 1 fully saturated rings. The van der Waals surface area contributed by atoms with Crippen LogP contribution in [-0.4, -0.2) is 55.0 Å². The van der Waals surface area contributed by atoms with Crippen molar-refractivity contribution >= 4 is 5.97 Å². The molecule has 4 heteroatoms. The average Bonchev–Trinajstić information content (AvgIpc) is 2.69. The van der Waals surface area contributed by atoms with E-state index in [0.29, 0.717) is 6.61 Å². The molecule has 1 aromatic carbocycles. The first-order chi connectivity index (χ1) is 12.5. The first-order valence-electron chi connectivity index (χ1n) is 10.2. The zero-order valence-electron chi connectivity index (χ0n) is 16.7. The van der Waals surface area contributed by atoms with Crippen molar-refractivity contribution in [3.8, 4) is 0 Å². The highest BCUT2D eigenvalue weighted by Crippen LogP contribution is 2.34. The van der Waals surface area contributed by atoms with Gasteiger partial charge < -0.3 is 14.3 Å². The average molecular weight is 363 g/mol. The molecular weight excluding hydrogens is 326 g/mol. The fourth-order valence-electron chi connectivity index (χ4n) is 3.88. The molecule has 0 amide bonds. The Hall–Kier alpha value is -1.39. The van der Waals surface area contributed by atoms with Crippen molar-refractivity contribution < 1.29 is 19.1 Å². The van der Waals surface area contributed by atoms with E-state index >= 15 is 0 Å². The third-order valence-electron chi connectivity index (χ3n) is 6.29. The van der Waals surface area contributed by atoms with Crippen LogP contribution in [0.3, 0.4) is 0 Å². The zero-order valence-corrected chi connectivity index (χ0v) is 16.7. The van der Waals surface area contributed by atoms with Crippen molar-refractivity contribution in [1.29, 1.82) is 0 Å². The van der Waals surface area contributed by atoms with Crippen LogP contribution in [0.1, 0.15) is 57.4 Å². The summed E-state index contributed by atoms with van der Waals surface area (Å²) in [6, 6.07) is 9.63. The number of rotatable bonds is 9. The third-order valence-corrected chi connectivity index (χ3v) is 6.29. The van der Waals surface area contributed by atoms with E-state index in [1.54, 1.807) is 0 Å². The smallest absolute Gasteiger partial charge is 0.316 e. The summed E-state index contributed by atoms with van der Waals surface area (Å²) in [7, 11) is 2.18. The van der Waals surface area contributed by atoms with Crippen LogP contribution in [0.15, 0.2) is 30.3 Å². The van der Waals surface area contributed by atoms with Gasteiger partial charge in [0.05, 0.1) is 26.2 Å². The number of benzene rings is 1. The van der Waals surface area contributed by atoms with Gasteiger partial charge in [-0.1, -0.05) is 49.6 Å². The van der Waals surface area contributed by atoms with E-state index in [9.17, 15) is 9.90 Å². The standard InChI is InChI=1S/C22H36NO3/c1-4-23(3,5-2)16-17-26-22(25)20(18-12-8-6-9-13-18)21(24)19-14-10-7-11-15-19/h6,8-9,12-13,19-21,24H,4-5,7,10-11,14-17H2,1-3H3/q+1/t20-,21+/m1/s1. The van der Waals surface area contributed by atoms with Crippen molar-refractivity contribution in [2.75, 3.05) is 33.3 Å². The van der Waals surface area contributed by atoms with Gasteiger partial charge >= 0.3 is 5.97 Å². The normalized spacial score (nSPS) is 18.3. The SMILES string of the molecule is CC[N+](C)(CC)CCOC(=O)[C@H](c1ccccc1)[C@@H](O)C1CCCCC1. The lowest BCUT2D eigenvalue weighted by Gasteiger charge is -2.33. The van der Waals surface area contributed by atoms with E-state index in [1.807, 2.05) is 30.3 Å². The van der Waals surface area contributed by atoms with Crippen LogP contribution < -0.4 is 0 Å². The molecule has 0 aliphatic heterocycles. The summed E-state index contributed by atoms with van der Waals surface area (Å²) in [5.74, 6) is -0.678. The predicted octanol–water partition coefficient (Wildman–Crippen LogP) is 3.74. The molecule has 1 saturated carbocycles.